The molecule has 1 fully saturated rings. The molecular weight excluding hydrogens is 411 g/mol. The van der Waals surface area contributed by atoms with Crippen molar-refractivity contribution in [2.24, 2.45) is 5.92 Å². The van der Waals surface area contributed by atoms with Crippen LogP contribution in [-0.4, -0.2) is 49.4 Å². The van der Waals surface area contributed by atoms with Gasteiger partial charge in [0.1, 0.15) is 5.82 Å². The lowest BCUT2D eigenvalue weighted by Gasteiger charge is -2.33. The van der Waals surface area contributed by atoms with Crippen molar-refractivity contribution < 1.29 is 17.6 Å². The van der Waals surface area contributed by atoms with Gasteiger partial charge in [0.15, 0.2) is 0 Å². The van der Waals surface area contributed by atoms with Crippen LogP contribution in [0.15, 0.2) is 35.3 Å². The third-order valence-corrected chi connectivity index (χ3v) is 6.00. The summed E-state index contributed by atoms with van der Waals surface area (Å²) in [6, 6.07) is 4.59. The average molecular weight is 433 g/mol. The van der Waals surface area contributed by atoms with Crippen LogP contribution in [0.4, 0.5) is 4.39 Å². The van der Waals surface area contributed by atoms with Gasteiger partial charge in [0.25, 0.3) is 0 Å². The fraction of sp³-hybridized carbons (Fsp3) is 0.471. The average Bonchev–Trinajstić information content (AvgIpc) is 2.56. The molecule has 0 aliphatic carbocycles. The lowest BCUT2D eigenvalue weighted by molar-refractivity contribution is -0.136. The van der Waals surface area contributed by atoms with E-state index in [0.29, 0.717) is 24.9 Å². The minimum atomic E-state index is -3.33. The molecule has 1 aromatic carbocycles. The Labute approximate surface area is 156 Å². The van der Waals surface area contributed by atoms with Crippen molar-refractivity contribution in [3.05, 3.63) is 46.7 Å². The van der Waals surface area contributed by atoms with Gasteiger partial charge < -0.3 is 4.90 Å². The molecule has 0 aromatic heterocycles. The topological polar surface area (TPSA) is 57.7 Å². The van der Waals surface area contributed by atoms with Gasteiger partial charge in [-0.15, -0.1) is 6.58 Å². The van der Waals surface area contributed by atoms with Gasteiger partial charge in [-0.1, -0.05) is 22.0 Å². The minimum absolute atomic E-state index is 0.117. The molecule has 2 rings (SSSR count). The Morgan fingerprint density at radius 1 is 1.52 bits per heavy atom. The number of nitrogens with zero attached hydrogens (tertiary/aromatic N) is 2. The SMILES string of the molecule is C=CCN(Cc1cc(Br)ccc1F)C(=O)C1CCCN(S(C)(=O)=O)C1. The number of halogens is 2. The van der Waals surface area contributed by atoms with Gasteiger partial charge in [0.05, 0.1) is 12.2 Å². The third-order valence-electron chi connectivity index (χ3n) is 4.23. The highest BCUT2D eigenvalue weighted by molar-refractivity contribution is 9.10. The second-order valence-corrected chi connectivity index (χ2v) is 9.10. The first-order chi connectivity index (χ1) is 11.7. The quantitative estimate of drug-likeness (QED) is 0.649. The van der Waals surface area contributed by atoms with Gasteiger partial charge in [-0.05, 0) is 31.0 Å². The molecule has 0 spiro atoms. The Morgan fingerprint density at radius 2 is 2.24 bits per heavy atom. The zero-order valence-electron chi connectivity index (χ0n) is 14.1. The standard InChI is InChI=1S/C17H22BrFN2O3S/c1-3-8-20(11-14-10-15(18)6-7-16(14)19)17(22)13-5-4-9-21(12-13)25(2,23)24/h3,6-7,10,13H,1,4-5,8-9,11-12H2,2H3. The lowest BCUT2D eigenvalue weighted by atomic mass is 9.97. The molecule has 0 N–H and O–H groups in total. The van der Waals surface area contributed by atoms with E-state index < -0.39 is 15.9 Å². The number of carbonyl (C=O) groups excluding carboxylic acids is 1. The van der Waals surface area contributed by atoms with Crippen molar-refractivity contribution >= 4 is 31.9 Å². The zero-order chi connectivity index (χ0) is 18.6. The summed E-state index contributed by atoms with van der Waals surface area (Å²) in [4.78, 5) is 14.4. The van der Waals surface area contributed by atoms with Crippen LogP contribution in [0.1, 0.15) is 18.4 Å². The first-order valence-electron chi connectivity index (χ1n) is 8.01. The Hall–Kier alpha value is -1.25. The highest BCUT2D eigenvalue weighted by Crippen LogP contribution is 2.23. The maximum Gasteiger partial charge on any atom is 0.227 e. The molecule has 1 heterocycles. The molecule has 1 atom stereocenters. The highest BCUT2D eigenvalue weighted by atomic mass is 79.9. The fourth-order valence-electron chi connectivity index (χ4n) is 2.96. The van der Waals surface area contributed by atoms with Crippen molar-refractivity contribution in [2.45, 2.75) is 19.4 Å². The molecule has 8 heteroatoms. The third kappa shape index (κ3) is 5.36. The monoisotopic (exact) mass is 432 g/mol. The summed E-state index contributed by atoms with van der Waals surface area (Å²) >= 11 is 3.30. The van der Waals surface area contributed by atoms with Gasteiger partial charge >= 0.3 is 0 Å². The normalized spacial score (nSPS) is 18.8. The van der Waals surface area contributed by atoms with E-state index in [-0.39, 0.29) is 31.4 Å². The summed E-state index contributed by atoms with van der Waals surface area (Å²) in [7, 11) is -3.33. The van der Waals surface area contributed by atoms with Crippen LogP contribution in [0.3, 0.4) is 0 Å². The number of hydrogen-bond acceptors (Lipinski definition) is 3. The summed E-state index contributed by atoms with van der Waals surface area (Å²) in [5.41, 5.74) is 0.403. The second-order valence-electron chi connectivity index (χ2n) is 6.20. The Morgan fingerprint density at radius 3 is 2.88 bits per heavy atom. The van der Waals surface area contributed by atoms with E-state index in [4.69, 9.17) is 0 Å². The van der Waals surface area contributed by atoms with Crippen molar-refractivity contribution in [1.82, 2.24) is 9.21 Å². The van der Waals surface area contributed by atoms with Gasteiger partial charge in [0.2, 0.25) is 15.9 Å². The van der Waals surface area contributed by atoms with E-state index in [9.17, 15) is 17.6 Å². The van der Waals surface area contributed by atoms with Crippen molar-refractivity contribution in [3.63, 3.8) is 0 Å². The van der Waals surface area contributed by atoms with Crippen LogP contribution in [0.5, 0.6) is 0 Å². The number of rotatable bonds is 6. The number of amides is 1. The largest absolute Gasteiger partial charge is 0.334 e. The van der Waals surface area contributed by atoms with E-state index in [1.165, 1.54) is 15.3 Å². The van der Waals surface area contributed by atoms with Gasteiger partial charge in [-0.2, -0.15) is 0 Å². The Bertz CT molecular complexity index is 754. The van der Waals surface area contributed by atoms with E-state index >= 15 is 0 Å². The molecule has 138 valence electrons. The predicted octanol–water partition coefficient (Wildman–Crippen LogP) is 2.77. The van der Waals surface area contributed by atoms with Gasteiger partial charge in [0, 0.05) is 36.2 Å². The summed E-state index contributed by atoms with van der Waals surface area (Å²) in [6.07, 6.45) is 4.00. The molecule has 25 heavy (non-hydrogen) atoms. The van der Waals surface area contributed by atoms with Gasteiger partial charge in [-0.25, -0.2) is 17.1 Å². The minimum Gasteiger partial charge on any atom is -0.334 e. The zero-order valence-corrected chi connectivity index (χ0v) is 16.5. The molecule has 1 aliphatic rings. The maximum absolute atomic E-state index is 14.0. The van der Waals surface area contributed by atoms with Crippen LogP contribution in [0.25, 0.3) is 0 Å². The molecule has 1 aliphatic heterocycles. The molecule has 1 unspecified atom stereocenters. The van der Waals surface area contributed by atoms with Crippen LogP contribution in [-0.2, 0) is 21.4 Å². The summed E-state index contributed by atoms with van der Waals surface area (Å²) in [5.74, 6) is -0.974. The first kappa shape index (κ1) is 20.1. The predicted molar refractivity (Wildman–Crippen MR) is 98.9 cm³/mol. The number of piperidine rings is 1. The first-order valence-corrected chi connectivity index (χ1v) is 10.6. The molecule has 0 bridgehead atoms. The van der Waals surface area contributed by atoms with Gasteiger partial charge in [-0.3, -0.25) is 4.79 Å². The summed E-state index contributed by atoms with van der Waals surface area (Å²) in [5, 5.41) is 0. The van der Waals surface area contributed by atoms with E-state index in [0.717, 1.165) is 10.7 Å². The number of hydrogen-bond donors (Lipinski definition) is 0. The second kappa shape index (κ2) is 8.42. The van der Waals surface area contributed by atoms with E-state index in [1.807, 2.05) is 0 Å². The summed E-state index contributed by atoms with van der Waals surface area (Å²) < 4.78 is 39.6. The molecule has 1 amide bonds. The number of carbonyl (C=O) groups is 1. The van der Waals surface area contributed by atoms with Crippen molar-refractivity contribution in [2.75, 3.05) is 25.9 Å². The smallest absolute Gasteiger partial charge is 0.227 e. The molecule has 5 nitrogen and oxygen atoms in total. The molecule has 0 radical (unpaired) electrons. The van der Waals surface area contributed by atoms with Crippen molar-refractivity contribution in [1.29, 1.82) is 0 Å². The van der Waals surface area contributed by atoms with E-state index in [2.05, 4.69) is 22.5 Å². The molecule has 1 saturated heterocycles. The lowest BCUT2D eigenvalue weighted by Crippen LogP contribution is -2.46. The molecule has 0 saturated carbocycles. The van der Waals surface area contributed by atoms with Crippen molar-refractivity contribution in [3.8, 4) is 0 Å². The van der Waals surface area contributed by atoms with Crippen LogP contribution >= 0.6 is 15.9 Å². The van der Waals surface area contributed by atoms with Crippen LogP contribution in [0, 0.1) is 11.7 Å². The maximum atomic E-state index is 14.0. The molecular formula is C17H22BrFN2O3S. The summed E-state index contributed by atoms with van der Waals surface area (Å²) in [6.45, 7) is 4.66. The fourth-order valence-corrected chi connectivity index (χ4v) is 4.28. The number of sulfonamides is 1. The molecule has 1 aromatic rings. The van der Waals surface area contributed by atoms with E-state index in [1.54, 1.807) is 18.2 Å². The Kier molecular flexibility index (Phi) is 6.76. The van der Waals surface area contributed by atoms with Crippen LogP contribution in [0.2, 0.25) is 0 Å². The number of benzene rings is 1. The highest BCUT2D eigenvalue weighted by Gasteiger charge is 2.32. The Balaban J connectivity index is 2.17. The van der Waals surface area contributed by atoms with Crippen LogP contribution < -0.4 is 0 Å².